The Labute approximate surface area is 141 Å². The van der Waals surface area contributed by atoms with Crippen molar-refractivity contribution in [3.05, 3.63) is 59.5 Å². The number of carbonyl (C=O) groups excluding carboxylic acids is 1. The van der Waals surface area contributed by atoms with E-state index in [1.165, 1.54) is 10.6 Å². The van der Waals surface area contributed by atoms with Gasteiger partial charge >= 0.3 is 0 Å². The molecule has 6 nitrogen and oxygen atoms in total. The molecule has 2 aromatic rings. The molecule has 0 saturated carbocycles. The van der Waals surface area contributed by atoms with Crippen molar-refractivity contribution < 1.29 is 17.6 Å². The number of nitrogens with one attached hydrogen (secondary N) is 1. The van der Waals surface area contributed by atoms with E-state index in [2.05, 4.69) is 5.32 Å². The number of fused-ring (bicyclic) bond motifs is 1. The molecule has 24 heavy (non-hydrogen) atoms. The molecule has 1 aliphatic heterocycles. The zero-order chi connectivity index (χ0) is 17.2. The van der Waals surface area contributed by atoms with Crippen LogP contribution in [0.2, 0.25) is 0 Å². The fourth-order valence-electron chi connectivity index (χ4n) is 2.89. The lowest BCUT2D eigenvalue weighted by Crippen LogP contribution is -2.52. The van der Waals surface area contributed by atoms with Gasteiger partial charge in [-0.3, -0.25) is 4.79 Å². The van der Waals surface area contributed by atoms with Gasteiger partial charge in [0.15, 0.2) is 0 Å². The lowest BCUT2D eigenvalue weighted by atomic mass is 9.95. The lowest BCUT2D eigenvalue weighted by Gasteiger charge is -2.34. The van der Waals surface area contributed by atoms with Gasteiger partial charge in [-0.1, -0.05) is 24.3 Å². The Morgan fingerprint density at radius 3 is 2.67 bits per heavy atom. The maximum absolute atomic E-state index is 12.6. The first-order valence-corrected chi connectivity index (χ1v) is 9.48. The predicted octanol–water partition coefficient (Wildman–Crippen LogP) is 1.67. The van der Waals surface area contributed by atoms with Gasteiger partial charge in [-0.25, -0.2) is 8.42 Å². The van der Waals surface area contributed by atoms with Crippen molar-refractivity contribution >= 4 is 15.9 Å². The third-order valence-electron chi connectivity index (χ3n) is 4.25. The number of hydrogen-bond donors (Lipinski definition) is 1. The summed E-state index contributed by atoms with van der Waals surface area (Å²) in [4.78, 5) is 12.6. The maximum atomic E-state index is 12.6. The molecule has 1 aromatic heterocycles. The fourth-order valence-corrected chi connectivity index (χ4v) is 4.11. The highest BCUT2D eigenvalue weighted by Crippen LogP contribution is 2.26. The van der Waals surface area contributed by atoms with Crippen molar-refractivity contribution in [2.24, 2.45) is 0 Å². The highest BCUT2D eigenvalue weighted by atomic mass is 32.2. The molecule has 0 spiro atoms. The highest BCUT2D eigenvalue weighted by molar-refractivity contribution is 7.89. The van der Waals surface area contributed by atoms with Crippen molar-refractivity contribution in [3.63, 3.8) is 0 Å². The first kappa shape index (κ1) is 16.7. The fraction of sp³-hybridized carbons (Fsp3) is 0.353. The van der Waals surface area contributed by atoms with Crippen LogP contribution in [0.25, 0.3) is 0 Å². The summed E-state index contributed by atoms with van der Waals surface area (Å²) in [6.45, 7) is 2.06. The van der Waals surface area contributed by atoms with Crippen LogP contribution in [0.3, 0.4) is 0 Å². The van der Waals surface area contributed by atoms with Gasteiger partial charge < -0.3 is 9.73 Å². The summed E-state index contributed by atoms with van der Waals surface area (Å²) in [5.74, 6) is 0.291. The second kappa shape index (κ2) is 6.78. The van der Waals surface area contributed by atoms with Crippen molar-refractivity contribution in [3.8, 4) is 0 Å². The van der Waals surface area contributed by atoms with Gasteiger partial charge in [0, 0.05) is 6.54 Å². The van der Waals surface area contributed by atoms with Crippen LogP contribution >= 0.6 is 0 Å². The van der Waals surface area contributed by atoms with E-state index in [1.54, 1.807) is 19.1 Å². The number of furan rings is 1. The Morgan fingerprint density at radius 2 is 2.00 bits per heavy atom. The largest absolute Gasteiger partial charge is 0.467 e. The third-order valence-corrected chi connectivity index (χ3v) is 6.07. The van der Waals surface area contributed by atoms with Crippen LogP contribution < -0.4 is 5.32 Å². The summed E-state index contributed by atoms with van der Waals surface area (Å²) < 4.78 is 31.4. The number of benzene rings is 1. The zero-order valence-electron chi connectivity index (χ0n) is 13.4. The average molecular weight is 348 g/mol. The smallest absolute Gasteiger partial charge is 0.239 e. The van der Waals surface area contributed by atoms with Crippen molar-refractivity contribution in [1.82, 2.24) is 9.62 Å². The second-order valence-corrected chi connectivity index (χ2v) is 7.94. The van der Waals surface area contributed by atoms with Crippen LogP contribution in [-0.4, -0.2) is 30.4 Å². The lowest BCUT2D eigenvalue weighted by molar-refractivity contribution is -0.125. The first-order chi connectivity index (χ1) is 11.5. The van der Waals surface area contributed by atoms with E-state index in [4.69, 9.17) is 4.42 Å². The maximum Gasteiger partial charge on any atom is 0.239 e. The predicted molar refractivity (Wildman–Crippen MR) is 89.5 cm³/mol. The van der Waals surface area contributed by atoms with E-state index < -0.39 is 16.1 Å². The summed E-state index contributed by atoms with van der Waals surface area (Å²) in [6, 6.07) is 10.4. The molecule has 0 bridgehead atoms. The Balaban J connectivity index is 1.83. The molecule has 0 saturated heterocycles. The Morgan fingerprint density at radius 1 is 1.25 bits per heavy atom. The van der Waals surface area contributed by atoms with Crippen molar-refractivity contribution in [2.45, 2.75) is 32.5 Å². The Hall–Kier alpha value is -2.12. The van der Waals surface area contributed by atoms with Crippen LogP contribution in [0.4, 0.5) is 0 Å². The molecule has 0 unspecified atom stereocenters. The van der Waals surface area contributed by atoms with E-state index in [-0.39, 0.29) is 24.7 Å². The van der Waals surface area contributed by atoms with Crippen LogP contribution in [0.15, 0.2) is 47.1 Å². The number of carbonyl (C=O) groups is 1. The van der Waals surface area contributed by atoms with Crippen LogP contribution in [0.5, 0.6) is 0 Å². The standard InChI is InChI=1S/C17H20N2O4S/c1-2-24(21,22)19-12-14-7-4-3-6-13(14)10-16(19)17(20)18-11-15-8-5-9-23-15/h3-9,16H,2,10-12H2,1H3,(H,18,20)/t16-/m1/s1. The van der Waals surface area contributed by atoms with Gasteiger partial charge in [0.2, 0.25) is 15.9 Å². The molecule has 2 heterocycles. The molecule has 1 amide bonds. The van der Waals surface area contributed by atoms with Crippen LogP contribution in [-0.2, 0) is 34.3 Å². The summed E-state index contributed by atoms with van der Waals surface area (Å²) in [7, 11) is -3.48. The van der Waals surface area contributed by atoms with Gasteiger partial charge in [0.05, 0.1) is 18.6 Å². The van der Waals surface area contributed by atoms with Gasteiger partial charge in [-0.2, -0.15) is 4.31 Å². The second-order valence-electron chi connectivity index (χ2n) is 5.73. The third kappa shape index (κ3) is 3.37. The van der Waals surface area contributed by atoms with E-state index in [0.29, 0.717) is 12.2 Å². The molecule has 128 valence electrons. The van der Waals surface area contributed by atoms with Gasteiger partial charge in [0.25, 0.3) is 0 Å². The molecule has 3 rings (SSSR count). The average Bonchev–Trinajstić information content (AvgIpc) is 3.12. The molecule has 0 radical (unpaired) electrons. The minimum atomic E-state index is -3.48. The SMILES string of the molecule is CCS(=O)(=O)N1Cc2ccccc2C[C@@H]1C(=O)NCc1ccco1. The minimum Gasteiger partial charge on any atom is -0.467 e. The van der Waals surface area contributed by atoms with E-state index in [1.807, 2.05) is 24.3 Å². The molecule has 1 aromatic carbocycles. The summed E-state index contributed by atoms with van der Waals surface area (Å²) in [6.07, 6.45) is 1.91. The molecule has 0 aliphatic carbocycles. The Kier molecular flexibility index (Phi) is 4.73. The van der Waals surface area contributed by atoms with Gasteiger partial charge in [0.1, 0.15) is 11.8 Å². The van der Waals surface area contributed by atoms with E-state index in [0.717, 1.165) is 11.1 Å². The molecule has 1 aliphatic rings. The molecule has 1 atom stereocenters. The van der Waals surface area contributed by atoms with E-state index >= 15 is 0 Å². The van der Waals surface area contributed by atoms with Crippen molar-refractivity contribution in [1.29, 1.82) is 0 Å². The Bertz CT molecular complexity index is 815. The molecule has 1 N–H and O–H groups in total. The summed E-state index contributed by atoms with van der Waals surface area (Å²) in [5.41, 5.74) is 1.96. The topological polar surface area (TPSA) is 79.6 Å². The normalized spacial score (nSPS) is 18.1. The summed E-state index contributed by atoms with van der Waals surface area (Å²) >= 11 is 0. The number of hydrogen-bond acceptors (Lipinski definition) is 4. The minimum absolute atomic E-state index is 0.0306. The molecule has 7 heteroatoms. The zero-order valence-corrected chi connectivity index (χ0v) is 14.3. The van der Waals surface area contributed by atoms with Gasteiger partial charge in [-0.15, -0.1) is 0 Å². The number of amides is 1. The highest BCUT2D eigenvalue weighted by Gasteiger charge is 2.37. The van der Waals surface area contributed by atoms with Crippen LogP contribution in [0.1, 0.15) is 23.8 Å². The quantitative estimate of drug-likeness (QED) is 0.891. The molecule has 0 fully saturated rings. The first-order valence-electron chi connectivity index (χ1n) is 7.87. The van der Waals surface area contributed by atoms with Gasteiger partial charge in [-0.05, 0) is 36.6 Å². The monoisotopic (exact) mass is 348 g/mol. The summed E-state index contributed by atoms with van der Waals surface area (Å²) in [5, 5.41) is 2.77. The number of nitrogens with zero attached hydrogens (tertiary/aromatic N) is 1. The van der Waals surface area contributed by atoms with E-state index in [9.17, 15) is 13.2 Å². The van der Waals surface area contributed by atoms with Crippen molar-refractivity contribution in [2.75, 3.05) is 5.75 Å². The van der Waals surface area contributed by atoms with Crippen LogP contribution in [0, 0.1) is 0 Å². The number of sulfonamides is 1. The number of rotatable bonds is 5. The molecular weight excluding hydrogens is 328 g/mol. The molecular formula is C17H20N2O4S.